The summed E-state index contributed by atoms with van der Waals surface area (Å²) in [4.78, 5) is 15.2. The molecular weight excluding hydrogens is 298 g/mol. The number of nitrogens with zero attached hydrogens (tertiary/aromatic N) is 1. The lowest BCUT2D eigenvalue weighted by molar-refractivity contribution is 0.0600. The molecule has 92 valence electrons. The van der Waals surface area contributed by atoms with Crippen molar-refractivity contribution >= 4 is 21.9 Å². The largest absolute Gasteiger partial charge is 0.465 e. The summed E-state index contributed by atoms with van der Waals surface area (Å²) in [6.45, 7) is 0. The Morgan fingerprint density at radius 1 is 1.17 bits per heavy atom. The van der Waals surface area contributed by atoms with Crippen molar-refractivity contribution in [3.63, 3.8) is 0 Å². The molecule has 0 atom stereocenters. The maximum atomic E-state index is 11.2. The number of ether oxygens (including phenoxy) is 2. The topological polar surface area (TPSA) is 48.4 Å². The first-order valence-corrected chi connectivity index (χ1v) is 5.96. The van der Waals surface area contributed by atoms with Crippen molar-refractivity contribution in [2.75, 3.05) is 7.11 Å². The molecular formula is C13H10BrNO3. The van der Waals surface area contributed by atoms with Gasteiger partial charge in [-0.2, -0.15) is 0 Å². The van der Waals surface area contributed by atoms with Crippen LogP contribution < -0.4 is 4.74 Å². The Morgan fingerprint density at radius 2 is 1.89 bits per heavy atom. The molecule has 1 aromatic carbocycles. The average Bonchev–Trinajstić information content (AvgIpc) is 2.41. The van der Waals surface area contributed by atoms with Gasteiger partial charge in [-0.05, 0) is 30.3 Å². The van der Waals surface area contributed by atoms with Crippen LogP contribution in [-0.2, 0) is 4.74 Å². The zero-order chi connectivity index (χ0) is 13.0. The lowest BCUT2D eigenvalue weighted by Gasteiger charge is -2.05. The molecule has 1 aromatic heterocycles. The summed E-state index contributed by atoms with van der Waals surface area (Å²) in [5.74, 6) is 0.680. The lowest BCUT2D eigenvalue weighted by atomic mass is 10.3. The molecule has 0 N–H and O–H groups in total. The number of halogens is 1. The normalized spacial score (nSPS) is 9.89. The van der Waals surface area contributed by atoms with Crippen molar-refractivity contribution in [1.82, 2.24) is 4.98 Å². The third kappa shape index (κ3) is 3.07. The Labute approximate surface area is 113 Å². The smallest absolute Gasteiger partial charge is 0.339 e. The molecule has 0 bridgehead atoms. The fourth-order valence-electron chi connectivity index (χ4n) is 1.30. The molecule has 0 spiro atoms. The van der Waals surface area contributed by atoms with Crippen molar-refractivity contribution in [3.8, 4) is 11.6 Å². The molecule has 0 saturated carbocycles. The first-order chi connectivity index (χ1) is 8.69. The van der Waals surface area contributed by atoms with Crippen molar-refractivity contribution < 1.29 is 14.3 Å². The van der Waals surface area contributed by atoms with Gasteiger partial charge in [-0.25, -0.2) is 9.78 Å². The number of carbonyl (C=O) groups is 1. The van der Waals surface area contributed by atoms with Gasteiger partial charge in [-0.1, -0.05) is 15.9 Å². The summed E-state index contributed by atoms with van der Waals surface area (Å²) in [6, 6.07) is 10.6. The summed E-state index contributed by atoms with van der Waals surface area (Å²) in [7, 11) is 1.33. The lowest BCUT2D eigenvalue weighted by Crippen LogP contribution is -2.01. The molecule has 1 heterocycles. The van der Waals surface area contributed by atoms with Gasteiger partial charge in [0.05, 0.1) is 12.7 Å². The standard InChI is InChI=1S/C13H10BrNO3/c1-17-13(16)9-2-7-12(15-8-9)18-11-5-3-10(14)4-6-11/h2-8H,1H3. The van der Waals surface area contributed by atoms with Crippen LogP contribution in [0.1, 0.15) is 10.4 Å². The van der Waals surface area contributed by atoms with Crippen LogP contribution in [0.3, 0.4) is 0 Å². The van der Waals surface area contributed by atoms with Gasteiger partial charge >= 0.3 is 5.97 Å². The van der Waals surface area contributed by atoms with E-state index < -0.39 is 5.97 Å². The zero-order valence-corrected chi connectivity index (χ0v) is 11.2. The molecule has 0 aliphatic heterocycles. The summed E-state index contributed by atoms with van der Waals surface area (Å²) in [5, 5.41) is 0. The van der Waals surface area contributed by atoms with E-state index in [1.54, 1.807) is 12.1 Å². The molecule has 4 nitrogen and oxygen atoms in total. The molecule has 0 fully saturated rings. The Balaban J connectivity index is 2.10. The van der Waals surface area contributed by atoms with Crippen LogP contribution in [0.25, 0.3) is 0 Å². The number of carbonyl (C=O) groups excluding carboxylic acids is 1. The van der Waals surface area contributed by atoms with Crippen LogP contribution in [0.2, 0.25) is 0 Å². The molecule has 0 aliphatic carbocycles. The van der Waals surface area contributed by atoms with E-state index >= 15 is 0 Å². The van der Waals surface area contributed by atoms with Gasteiger partial charge in [0.2, 0.25) is 5.88 Å². The van der Waals surface area contributed by atoms with E-state index in [2.05, 4.69) is 25.7 Å². The minimum absolute atomic E-state index is 0.389. The molecule has 0 amide bonds. The van der Waals surface area contributed by atoms with E-state index in [4.69, 9.17) is 4.74 Å². The third-order valence-electron chi connectivity index (χ3n) is 2.19. The van der Waals surface area contributed by atoms with Gasteiger partial charge in [0, 0.05) is 16.7 Å². The van der Waals surface area contributed by atoms with E-state index in [1.165, 1.54) is 13.3 Å². The maximum absolute atomic E-state index is 11.2. The Kier molecular flexibility index (Phi) is 3.94. The van der Waals surface area contributed by atoms with Crippen molar-refractivity contribution in [2.24, 2.45) is 0 Å². The molecule has 2 aromatic rings. The third-order valence-corrected chi connectivity index (χ3v) is 2.72. The first-order valence-electron chi connectivity index (χ1n) is 5.17. The number of aromatic nitrogens is 1. The predicted octanol–water partition coefficient (Wildman–Crippen LogP) is 3.42. The van der Waals surface area contributed by atoms with E-state index in [0.717, 1.165) is 4.47 Å². The number of esters is 1. The average molecular weight is 308 g/mol. The quantitative estimate of drug-likeness (QED) is 0.815. The molecule has 18 heavy (non-hydrogen) atoms. The van der Waals surface area contributed by atoms with Gasteiger partial charge < -0.3 is 9.47 Å². The summed E-state index contributed by atoms with van der Waals surface area (Å²) < 4.78 is 11.1. The van der Waals surface area contributed by atoms with Gasteiger partial charge in [0.25, 0.3) is 0 Å². The highest BCUT2D eigenvalue weighted by molar-refractivity contribution is 9.10. The van der Waals surface area contributed by atoms with Crippen LogP contribution in [0.4, 0.5) is 0 Å². The van der Waals surface area contributed by atoms with Crippen LogP contribution in [-0.4, -0.2) is 18.1 Å². The molecule has 0 radical (unpaired) electrons. The van der Waals surface area contributed by atoms with Crippen molar-refractivity contribution in [3.05, 3.63) is 52.6 Å². The number of pyridine rings is 1. The van der Waals surface area contributed by atoms with E-state index in [0.29, 0.717) is 17.2 Å². The fourth-order valence-corrected chi connectivity index (χ4v) is 1.57. The first kappa shape index (κ1) is 12.6. The minimum atomic E-state index is -0.419. The second-order valence-corrected chi connectivity index (χ2v) is 4.35. The van der Waals surface area contributed by atoms with Gasteiger partial charge in [0.1, 0.15) is 5.75 Å². The van der Waals surface area contributed by atoms with Crippen LogP contribution in [0.15, 0.2) is 47.1 Å². The predicted molar refractivity (Wildman–Crippen MR) is 69.8 cm³/mol. The van der Waals surface area contributed by atoms with Gasteiger partial charge in [0.15, 0.2) is 0 Å². The summed E-state index contributed by atoms with van der Waals surface area (Å²) in [5.41, 5.74) is 0.389. The fraction of sp³-hybridized carbons (Fsp3) is 0.0769. The molecule has 0 unspecified atom stereocenters. The SMILES string of the molecule is COC(=O)c1ccc(Oc2ccc(Br)cc2)nc1. The van der Waals surface area contributed by atoms with Gasteiger partial charge in [-0.15, -0.1) is 0 Å². The molecule has 0 aliphatic rings. The number of benzene rings is 1. The second-order valence-electron chi connectivity index (χ2n) is 3.43. The molecule has 0 saturated heterocycles. The number of rotatable bonds is 3. The van der Waals surface area contributed by atoms with Gasteiger partial charge in [-0.3, -0.25) is 0 Å². The maximum Gasteiger partial charge on any atom is 0.339 e. The van der Waals surface area contributed by atoms with Crippen LogP contribution >= 0.6 is 15.9 Å². The van der Waals surface area contributed by atoms with Crippen molar-refractivity contribution in [1.29, 1.82) is 0 Å². The molecule has 2 rings (SSSR count). The number of methoxy groups -OCH3 is 1. The highest BCUT2D eigenvalue weighted by atomic mass is 79.9. The Morgan fingerprint density at radius 3 is 2.44 bits per heavy atom. The summed E-state index contributed by atoms with van der Waals surface area (Å²) in [6.07, 6.45) is 1.42. The highest BCUT2D eigenvalue weighted by Crippen LogP contribution is 2.21. The van der Waals surface area contributed by atoms with E-state index in [1.807, 2.05) is 24.3 Å². The Bertz CT molecular complexity index is 537. The van der Waals surface area contributed by atoms with Crippen molar-refractivity contribution in [2.45, 2.75) is 0 Å². The highest BCUT2D eigenvalue weighted by Gasteiger charge is 2.06. The Hall–Kier alpha value is -1.88. The zero-order valence-electron chi connectivity index (χ0n) is 9.59. The van der Waals surface area contributed by atoms with Crippen LogP contribution in [0.5, 0.6) is 11.6 Å². The second kappa shape index (κ2) is 5.64. The number of hydrogen-bond donors (Lipinski definition) is 0. The van der Waals surface area contributed by atoms with Crippen LogP contribution in [0, 0.1) is 0 Å². The molecule has 5 heteroatoms. The number of hydrogen-bond acceptors (Lipinski definition) is 4. The minimum Gasteiger partial charge on any atom is -0.465 e. The van der Waals surface area contributed by atoms with E-state index in [9.17, 15) is 4.79 Å². The summed E-state index contributed by atoms with van der Waals surface area (Å²) >= 11 is 3.34. The monoisotopic (exact) mass is 307 g/mol. The van der Waals surface area contributed by atoms with E-state index in [-0.39, 0.29) is 0 Å².